The van der Waals surface area contributed by atoms with Crippen LogP contribution in [0.3, 0.4) is 0 Å². The fraction of sp³-hybridized carbons (Fsp3) is 0.200. The number of nitrogens with zero attached hydrogens (tertiary/aromatic N) is 3. The van der Waals surface area contributed by atoms with Gasteiger partial charge in [-0.1, -0.05) is 30.3 Å². The number of amides is 1. The second-order valence-corrected chi connectivity index (χ2v) is 5.22. The minimum atomic E-state index is -0.707. The Balaban J connectivity index is 2.40. The van der Waals surface area contributed by atoms with Gasteiger partial charge in [-0.3, -0.25) is 9.36 Å². The smallest absolute Gasteiger partial charge is 0.327 e. The number of H-pyrrole nitrogens is 1. The van der Waals surface area contributed by atoms with Crippen LogP contribution >= 0.6 is 0 Å². The molecule has 2 heterocycles. The molecule has 0 radical (unpaired) electrons. The minimum Gasteiger partial charge on any atom is -0.364 e. The van der Waals surface area contributed by atoms with Gasteiger partial charge in [-0.05, 0) is 13.8 Å². The van der Waals surface area contributed by atoms with Gasteiger partial charge in [0.15, 0.2) is 17.2 Å². The van der Waals surface area contributed by atoms with Gasteiger partial charge in [0, 0.05) is 11.6 Å². The Kier molecular flexibility index (Phi) is 3.25. The molecule has 1 aromatic carbocycles. The maximum atomic E-state index is 12.1. The van der Waals surface area contributed by atoms with Crippen LogP contribution in [0.15, 0.2) is 35.1 Å². The molecule has 1 amide bonds. The highest BCUT2D eigenvalue weighted by molar-refractivity contribution is 6.01. The largest absolute Gasteiger partial charge is 0.364 e. The summed E-state index contributed by atoms with van der Waals surface area (Å²) in [6, 6.07) is 9.11. The van der Waals surface area contributed by atoms with Gasteiger partial charge in [-0.15, -0.1) is 0 Å². The molecule has 2 aromatic heterocycles. The van der Waals surface area contributed by atoms with Gasteiger partial charge < -0.3 is 10.7 Å². The first-order valence-electron chi connectivity index (χ1n) is 6.86. The lowest BCUT2D eigenvalue weighted by molar-refractivity contribution is 0.0997. The maximum absolute atomic E-state index is 12.1. The number of hydrogen-bond acceptors (Lipinski definition) is 4. The standard InChI is InChI=1S/C15H15N5O2/c1-8(2)20-14-11(18-15(20)22)10(12(16)21)17-13(19-14)9-6-4-3-5-7-9/h3-8H,1-2H3,(H2,16,21)(H,18,22). The number of nitrogens with one attached hydrogen (secondary N) is 1. The number of aromatic amines is 1. The molecule has 0 fully saturated rings. The average molecular weight is 297 g/mol. The number of benzene rings is 1. The molecule has 0 aliphatic carbocycles. The molecule has 7 nitrogen and oxygen atoms in total. The lowest BCUT2D eigenvalue weighted by atomic mass is 10.2. The zero-order valence-corrected chi connectivity index (χ0v) is 12.2. The normalized spacial score (nSPS) is 11.2. The minimum absolute atomic E-state index is 0.0142. The van der Waals surface area contributed by atoms with E-state index in [1.807, 2.05) is 44.2 Å². The van der Waals surface area contributed by atoms with Crippen molar-refractivity contribution in [3.05, 3.63) is 46.5 Å². The molecule has 3 rings (SSSR count). The van der Waals surface area contributed by atoms with Crippen molar-refractivity contribution in [1.82, 2.24) is 19.5 Å². The third kappa shape index (κ3) is 2.16. The third-order valence-electron chi connectivity index (χ3n) is 3.35. The van der Waals surface area contributed by atoms with Crippen molar-refractivity contribution in [2.24, 2.45) is 5.73 Å². The molecule has 0 bridgehead atoms. The number of primary amides is 1. The van der Waals surface area contributed by atoms with Crippen LogP contribution in [0.5, 0.6) is 0 Å². The van der Waals surface area contributed by atoms with E-state index in [0.717, 1.165) is 5.56 Å². The lowest BCUT2D eigenvalue weighted by Crippen LogP contribution is -2.18. The summed E-state index contributed by atoms with van der Waals surface area (Å²) >= 11 is 0. The van der Waals surface area contributed by atoms with Crippen molar-refractivity contribution in [3.63, 3.8) is 0 Å². The number of aromatic nitrogens is 4. The fourth-order valence-electron chi connectivity index (χ4n) is 2.38. The molecule has 7 heteroatoms. The van der Waals surface area contributed by atoms with Crippen LogP contribution in [0.1, 0.15) is 30.4 Å². The van der Waals surface area contributed by atoms with Crippen molar-refractivity contribution >= 4 is 17.1 Å². The number of carbonyl (C=O) groups is 1. The summed E-state index contributed by atoms with van der Waals surface area (Å²) in [6.07, 6.45) is 0. The van der Waals surface area contributed by atoms with Gasteiger partial charge in [0.2, 0.25) is 0 Å². The number of rotatable bonds is 3. The Morgan fingerprint density at radius 3 is 2.50 bits per heavy atom. The van der Waals surface area contributed by atoms with E-state index in [1.54, 1.807) is 0 Å². The maximum Gasteiger partial charge on any atom is 0.327 e. The van der Waals surface area contributed by atoms with Crippen molar-refractivity contribution in [3.8, 4) is 11.4 Å². The van der Waals surface area contributed by atoms with E-state index < -0.39 is 5.91 Å². The molecule has 0 aliphatic heterocycles. The van der Waals surface area contributed by atoms with Crippen LogP contribution < -0.4 is 11.4 Å². The molecule has 0 unspecified atom stereocenters. The summed E-state index contributed by atoms with van der Waals surface area (Å²) in [4.78, 5) is 35.1. The predicted octanol–water partition coefficient (Wildman–Crippen LogP) is 1.47. The summed E-state index contributed by atoms with van der Waals surface area (Å²) < 4.78 is 1.48. The van der Waals surface area contributed by atoms with Crippen LogP contribution in [-0.2, 0) is 0 Å². The monoisotopic (exact) mass is 297 g/mol. The molecule has 0 atom stereocenters. The molecule has 0 saturated heterocycles. The van der Waals surface area contributed by atoms with Gasteiger partial charge in [0.1, 0.15) is 5.52 Å². The van der Waals surface area contributed by atoms with E-state index in [4.69, 9.17) is 5.73 Å². The molecular formula is C15H15N5O2. The molecule has 0 spiro atoms. The van der Waals surface area contributed by atoms with Gasteiger partial charge in [-0.2, -0.15) is 0 Å². The molecule has 3 N–H and O–H groups in total. The highest BCUT2D eigenvalue weighted by Gasteiger charge is 2.20. The lowest BCUT2D eigenvalue weighted by Gasteiger charge is -2.08. The first kappa shape index (κ1) is 14.0. The van der Waals surface area contributed by atoms with Crippen LogP contribution in [0.2, 0.25) is 0 Å². The van der Waals surface area contributed by atoms with E-state index >= 15 is 0 Å². The van der Waals surface area contributed by atoms with Crippen LogP contribution in [0.4, 0.5) is 0 Å². The van der Waals surface area contributed by atoms with Gasteiger partial charge in [-0.25, -0.2) is 14.8 Å². The average Bonchev–Trinajstić information content (AvgIpc) is 2.82. The van der Waals surface area contributed by atoms with Gasteiger partial charge in [0.25, 0.3) is 5.91 Å². The molecule has 0 saturated carbocycles. The Morgan fingerprint density at radius 2 is 1.91 bits per heavy atom. The Hall–Kier alpha value is -2.96. The van der Waals surface area contributed by atoms with Crippen molar-refractivity contribution in [2.45, 2.75) is 19.9 Å². The van der Waals surface area contributed by atoms with Crippen LogP contribution in [0, 0.1) is 0 Å². The molecule has 112 valence electrons. The van der Waals surface area contributed by atoms with E-state index in [0.29, 0.717) is 11.5 Å². The second-order valence-electron chi connectivity index (χ2n) is 5.22. The van der Waals surface area contributed by atoms with E-state index in [2.05, 4.69) is 15.0 Å². The van der Waals surface area contributed by atoms with E-state index in [9.17, 15) is 9.59 Å². The van der Waals surface area contributed by atoms with Gasteiger partial charge in [0.05, 0.1) is 0 Å². The highest BCUT2D eigenvalue weighted by Crippen LogP contribution is 2.21. The predicted molar refractivity (Wildman–Crippen MR) is 82.5 cm³/mol. The van der Waals surface area contributed by atoms with Crippen LogP contribution in [0.25, 0.3) is 22.6 Å². The summed E-state index contributed by atoms with van der Waals surface area (Å²) in [5, 5.41) is 0. The zero-order chi connectivity index (χ0) is 15.9. The number of fused-ring (bicyclic) bond motifs is 1. The number of hydrogen-bond donors (Lipinski definition) is 2. The molecule has 0 aliphatic rings. The first-order valence-corrected chi connectivity index (χ1v) is 6.86. The Labute approximate surface area is 125 Å². The van der Waals surface area contributed by atoms with Crippen molar-refractivity contribution < 1.29 is 4.79 Å². The summed E-state index contributed by atoms with van der Waals surface area (Å²) in [6.45, 7) is 3.73. The summed E-state index contributed by atoms with van der Waals surface area (Å²) in [5.41, 5.74) is 6.47. The third-order valence-corrected chi connectivity index (χ3v) is 3.35. The fourth-order valence-corrected chi connectivity index (χ4v) is 2.38. The number of carbonyl (C=O) groups excluding carboxylic acids is 1. The Morgan fingerprint density at radius 1 is 1.23 bits per heavy atom. The number of nitrogens with two attached hydrogens (primary N) is 1. The van der Waals surface area contributed by atoms with Crippen molar-refractivity contribution in [2.75, 3.05) is 0 Å². The summed E-state index contributed by atoms with van der Waals surface area (Å²) in [5.74, 6) is -0.350. The van der Waals surface area contributed by atoms with Crippen molar-refractivity contribution in [1.29, 1.82) is 0 Å². The topological polar surface area (TPSA) is 107 Å². The zero-order valence-electron chi connectivity index (χ0n) is 12.2. The van der Waals surface area contributed by atoms with E-state index in [-0.39, 0.29) is 22.9 Å². The first-order chi connectivity index (χ1) is 10.5. The second kappa shape index (κ2) is 5.10. The molecule has 22 heavy (non-hydrogen) atoms. The molecule has 3 aromatic rings. The quantitative estimate of drug-likeness (QED) is 0.763. The molecular weight excluding hydrogens is 282 g/mol. The number of imidazole rings is 1. The van der Waals surface area contributed by atoms with Crippen LogP contribution in [-0.4, -0.2) is 25.4 Å². The SMILES string of the molecule is CC(C)n1c(=O)[nH]c2c(C(N)=O)nc(-c3ccccc3)nc21. The summed E-state index contributed by atoms with van der Waals surface area (Å²) in [7, 11) is 0. The van der Waals surface area contributed by atoms with Gasteiger partial charge >= 0.3 is 5.69 Å². The highest BCUT2D eigenvalue weighted by atomic mass is 16.2. The van der Waals surface area contributed by atoms with E-state index in [1.165, 1.54) is 4.57 Å². The Bertz CT molecular complexity index is 909.